The number of benzene rings is 1. The smallest absolute Gasteiger partial charge is 0.320 e. The maximum absolute atomic E-state index is 15.1. The van der Waals surface area contributed by atoms with Crippen LogP contribution in [0.5, 0.6) is 17.6 Å². The molecule has 7 nitrogen and oxygen atoms in total. The van der Waals surface area contributed by atoms with Gasteiger partial charge in [-0.05, 0) is 35.3 Å². The Kier molecular flexibility index (Phi) is 8.61. The van der Waals surface area contributed by atoms with Gasteiger partial charge in [-0.2, -0.15) is 18.7 Å². The van der Waals surface area contributed by atoms with Gasteiger partial charge in [0.2, 0.25) is 5.88 Å². The molecule has 0 aliphatic carbocycles. The third-order valence-corrected chi connectivity index (χ3v) is 7.72. The number of fused-ring (bicyclic) bond motifs is 2. The van der Waals surface area contributed by atoms with Crippen LogP contribution in [0.3, 0.4) is 0 Å². The minimum absolute atomic E-state index is 0.0245. The first-order chi connectivity index (χ1) is 17.5. The van der Waals surface area contributed by atoms with Gasteiger partial charge in [-0.1, -0.05) is 11.6 Å². The molecule has 2 fully saturated rings. The van der Waals surface area contributed by atoms with Gasteiger partial charge in [-0.3, -0.25) is 4.90 Å². The molecule has 3 heterocycles. The number of rotatable bonds is 10. The van der Waals surface area contributed by atoms with Crippen molar-refractivity contribution in [2.24, 2.45) is 0 Å². The van der Waals surface area contributed by atoms with E-state index in [1.807, 2.05) is 4.90 Å². The highest BCUT2D eigenvalue weighted by atomic mass is 79.9. The van der Waals surface area contributed by atoms with Gasteiger partial charge in [0.25, 0.3) is 12.5 Å². The molecule has 2 saturated heterocycles. The molecule has 1 aromatic heterocycles. The Morgan fingerprint density at radius 2 is 2.08 bits per heavy atom. The number of aromatic hydroxyl groups is 1. The minimum atomic E-state index is -2.81. The first-order valence-corrected chi connectivity index (χ1v) is 12.4. The van der Waals surface area contributed by atoms with Crippen LogP contribution in [-0.4, -0.2) is 77.0 Å². The van der Waals surface area contributed by atoms with Gasteiger partial charge in [-0.15, -0.1) is 0 Å². The van der Waals surface area contributed by atoms with E-state index in [4.69, 9.17) is 21.1 Å². The van der Waals surface area contributed by atoms with Crippen molar-refractivity contribution >= 4 is 38.4 Å². The Balaban J connectivity index is 1.62. The molecule has 0 amide bonds. The van der Waals surface area contributed by atoms with Crippen LogP contribution < -0.4 is 14.8 Å². The SMILES string of the molecule is Oc1nc(OC[C@@]23CCCN2C[C@H](F)C3)nc2c(F)c(Br)c(Cl)c(OC[C@H](C=C(F)F)NCC(F)F)c12. The monoisotopic (exact) mass is 618 g/mol. The Morgan fingerprint density at radius 3 is 2.78 bits per heavy atom. The lowest BCUT2D eigenvalue weighted by Crippen LogP contribution is -2.43. The van der Waals surface area contributed by atoms with E-state index in [1.165, 1.54) is 0 Å². The predicted molar refractivity (Wildman–Crippen MR) is 126 cm³/mol. The second-order valence-electron chi connectivity index (χ2n) is 8.86. The average Bonchev–Trinajstić information content (AvgIpc) is 3.35. The summed E-state index contributed by atoms with van der Waals surface area (Å²) >= 11 is 9.14. The molecule has 0 saturated carbocycles. The van der Waals surface area contributed by atoms with Gasteiger partial charge in [0.1, 0.15) is 35.3 Å². The Hall–Kier alpha value is -2.03. The Bertz CT molecular complexity index is 1190. The number of hydrogen-bond acceptors (Lipinski definition) is 7. The van der Waals surface area contributed by atoms with Crippen molar-refractivity contribution in [3.63, 3.8) is 0 Å². The van der Waals surface area contributed by atoms with Crippen molar-refractivity contribution in [3.05, 3.63) is 27.5 Å². The molecule has 15 heteroatoms. The van der Waals surface area contributed by atoms with Gasteiger partial charge in [0.05, 0.1) is 22.6 Å². The lowest BCUT2D eigenvalue weighted by atomic mass is 9.95. The fourth-order valence-electron chi connectivity index (χ4n) is 4.79. The largest absolute Gasteiger partial charge is 0.493 e. The van der Waals surface area contributed by atoms with Crippen LogP contribution in [0.1, 0.15) is 19.3 Å². The van der Waals surface area contributed by atoms with Gasteiger partial charge >= 0.3 is 6.01 Å². The molecular formula is C22H22BrClF6N4O3. The van der Waals surface area contributed by atoms with Crippen molar-refractivity contribution in [1.82, 2.24) is 20.2 Å². The molecule has 1 aromatic carbocycles. The van der Waals surface area contributed by atoms with Crippen LogP contribution in [0.4, 0.5) is 26.3 Å². The van der Waals surface area contributed by atoms with Gasteiger partial charge in [0.15, 0.2) is 11.6 Å². The standard InChI is InChI=1S/C22H22BrClF6N4O3/c23-15-16(24)19(36-8-11(4-12(26)27)31-6-13(28)29)14-18(17(15)30)32-21(33-20(14)35)37-9-22-2-1-3-34(22)7-10(25)5-22/h4,10-11,13,31H,1-3,5-9H2,(H,32,33,35)/t10-,11+,22+/m1/s1. The number of hydrogen-bond donors (Lipinski definition) is 2. The maximum atomic E-state index is 15.1. The van der Waals surface area contributed by atoms with Crippen LogP contribution in [0.2, 0.25) is 5.02 Å². The summed E-state index contributed by atoms with van der Waals surface area (Å²) in [7, 11) is 0. The highest BCUT2D eigenvalue weighted by molar-refractivity contribution is 9.10. The van der Waals surface area contributed by atoms with E-state index < -0.39 is 60.6 Å². The molecule has 0 spiro atoms. The van der Waals surface area contributed by atoms with Crippen LogP contribution in [0.15, 0.2) is 16.6 Å². The normalized spacial score (nSPS) is 22.5. The van der Waals surface area contributed by atoms with Crippen molar-refractivity contribution in [3.8, 4) is 17.6 Å². The zero-order chi connectivity index (χ0) is 26.9. The number of nitrogens with one attached hydrogen (secondary N) is 1. The molecule has 0 bridgehead atoms. The molecule has 2 aromatic rings. The molecule has 0 radical (unpaired) electrons. The molecule has 2 aliphatic heterocycles. The summed E-state index contributed by atoms with van der Waals surface area (Å²) in [5.74, 6) is -2.12. The van der Waals surface area contributed by atoms with Gasteiger partial charge in [0, 0.05) is 19.0 Å². The van der Waals surface area contributed by atoms with Crippen molar-refractivity contribution in [1.29, 1.82) is 0 Å². The third kappa shape index (κ3) is 6.02. The number of alkyl halides is 3. The van der Waals surface area contributed by atoms with Crippen molar-refractivity contribution in [2.45, 2.75) is 43.4 Å². The van der Waals surface area contributed by atoms with Crippen LogP contribution in [0, 0.1) is 5.82 Å². The summed E-state index contributed by atoms with van der Waals surface area (Å²) in [6.07, 6.45) is -3.73. The minimum Gasteiger partial charge on any atom is -0.493 e. The molecular weight excluding hydrogens is 598 g/mol. The summed E-state index contributed by atoms with van der Waals surface area (Å²) in [4.78, 5) is 9.87. The lowest BCUT2D eigenvalue weighted by molar-refractivity contribution is 0.107. The summed E-state index contributed by atoms with van der Waals surface area (Å²) in [6, 6.07) is -1.73. The van der Waals surface area contributed by atoms with E-state index in [-0.39, 0.29) is 39.7 Å². The number of ether oxygens (including phenoxy) is 2. The summed E-state index contributed by atoms with van der Waals surface area (Å²) in [5, 5.41) is 12.1. The fraction of sp³-hybridized carbons (Fsp3) is 0.545. The van der Waals surface area contributed by atoms with E-state index in [2.05, 4.69) is 31.2 Å². The van der Waals surface area contributed by atoms with E-state index in [9.17, 15) is 27.1 Å². The maximum Gasteiger partial charge on any atom is 0.320 e. The zero-order valence-corrected chi connectivity index (χ0v) is 21.4. The van der Waals surface area contributed by atoms with Gasteiger partial charge in [-0.25, -0.2) is 17.6 Å². The Labute approximate surface area is 220 Å². The second kappa shape index (κ2) is 11.4. The first-order valence-electron chi connectivity index (χ1n) is 11.3. The van der Waals surface area contributed by atoms with Crippen LogP contribution in [-0.2, 0) is 0 Å². The number of nitrogens with zero attached hydrogens (tertiary/aromatic N) is 3. The van der Waals surface area contributed by atoms with Crippen molar-refractivity contribution in [2.75, 3.05) is 32.8 Å². The topological polar surface area (TPSA) is 79.7 Å². The van der Waals surface area contributed by atoms with Crippen molar-refractivity contribution < 1.29 is 40.9 Å². The fourth-order valence-corrected chi connectivity index (χ4v) is 5.39. The van der Waals surface area contributed by atoms with Gasteiger partial charge < -0.3 is 19.9 Å². The first kappa shape index (κ1) is 28.0. The van der Waals surface area contributed by atoms with E-state index in [0.717, 1.165) is 13.0 Å². The zero-order valence-electron chi connectivity index (χ0n) is 19.1. The summed E-state index contributed by atoms with van der Waals surface area (Å²) in [6.45, 7) is -0.476. The van der Waals surface area contributed by atoms with Crippen LogP contribution in [0.25, 0.3) is 10.9 Å². The highest BCUT2D eigenvalue weighted by Gasteiger charge is 2.49. The third-order valence-electron chi connectivity index (χ3n) is 6.39. The molecule has 3 atom stereocenters. The van der Waals surface area contributed by atoms with E-state index in [1.54, 1.807) is 0 Å². The number of aromatic nitrogens is 2. The molecule has 4 rings (SSSR count). The molecule has 37 heavy (non-hydrogen) atoms. The predicted octanol–water partition coefficient (Wildman–Crippen LogP) is 5.23. The van der Waals surface area contributed by atoms with Crippen LogP contribution >= 0.6 is 27.5 Å². The summed E-state index contributed by atoms with van der Waals surface area (Å²) in [5.41, 5.74) is -0.992. The lowest BCUT2D eigenvalue weighted by Gasteiger charge is -2.30. The average molecular weight is 620 g/mol. The molecule has 2 N–H and O–H groups in total. The second-order valence-corrected chi connectivity index (χ2v) is 10.0. The molecule has 0 unspecified atom stereocenters. The highest BCUT2D eigenvalue weighted by Crippen LogP contribution is 2.45. The Morgan fingerprint density at radius 1 is 1.32 bits per heavy atom. The molecule has 2 aliphatic rings. The number of halogens is 8. The van der Waals surface area contributed by atoms with E-state index >= 15 is 4.39 Å². The molecule has 204 valence electrons. The summed E-state index contributed by atoms with van der Waals surface area (Å²) < 4.78 is 90.6. The van der Waals surface area contributed by atoms with E-state index in [0.29, 0.717) is 19.0 Å². The quantitative estimate of drug-likeness (QED) is 0.279.